The molecule has 0 unspecified atom stereocenters. The molecule has 7 heteroatoms. The van der Waals surface area contributed by atoms with Gasteiger partial charge in [0.05, 0.1) is 0 Å². The van der Waals surface area contributed by atoms with E-state index < -0.39 is 19.7 Å². The summed E-state index contributed by atoms with van der Waals surface area (Å²) in [5, 5.41) is 3.42. The molecular weight excluding hydrogens is 328 g/mol. The normalized spacial score (nSPS) is 16.1. The number of hydrogen-bond acceptors (Lipinski definition) is 2. The summed E-state index contributed by atoms with van der Waals surface area (Å²) in [5.41, 5.74) is 0. The molecule has 0 fully saturated rings. The lowest BCUT2D eigenvalue weighted by atomic mass is 10.6. The van der Waals surface area contributed by atoms with Gasteiger partial charge in [-0.3, -0.25) is 25.8 Å². The second-order valence-electron chi connectivity index (χ2n) is 1.40. The molecule has 1 aliphatic rings. The van der Waals surface area contributed by atoms with E-state index in [-0.39, 0.29) is 16.0 Å². The molecule has 11 heavy (non-hydrogen) atoms. The highest BCUT2D eigenvalue weighted by Crippen LogP contribution is 2.32. The van der Waals surface area contributed by atoms with Crippen molar-refractivity contribution in [2.45, 2.75) is 0 Å². The van der Waals surface area contributed by atoms with Gasteiger partial charge < -0.3 is 0 Å². The van der Waals surface area contributed by atoms with E-state index in [0.29, 0.717) is 0 Å². The molecule has 0 aromatic heterocycles. The van der Waals surface area contributed by atoms with Gasteiger partial charge in [-0.2, -0.15) is 0 Å². The summed E-state index contributed by atoms with van der Waals surface area (Å²) in [6.07, 6.45) is 3.52. The van der Waals surface area contributed by atoms with E-state index in [0.717, 1.165) is 0 Å². The summed E-state index contributed by atoms with van der Waals surface area (Å²) in [6.45, 7) is 0. The summed E-state index contributed by atoms with van der Waals surface area (Å²) in [6, 6.07) is 0. The average Bonchev–Trinajstić information content (AvgIpc) is 2.38. The zero-order valence-corrected chi connectivity index (χ0v) is 11.9. The van der Waals surface area contributed by atoms with Crippen molar-refractivity contribution in [2.75, 3.05) is 0 Å². The van der Waals surface area contributed by atoms with E-state index in [2.05, 4.69) is 25.8 Å². The van der Waals surface area contributed by atoms with Gasteiger partial charge in [-0.1, -0.05) is 12.2 Å². The lowest BCUT2D eigenvalue weighted by Crippen LogP contribution is -1.66. The first-order valence-electron chi connectivity index (χ1n) is 2.62. The van der Waals surface area contributed by atoms with E-state index in [9.17, 15) is 8.42 Å². The highest BCUT2D eigenvalue weighted by molar-refractivity contribution is 9.47. The van der Waals surface area contributed by atoms with Gasteiger partial charge >= 0.3 is 16.0 Å². The van der Waals surface area contributed by atoms with Gasteiger partial charge in [0, 0.05) is 0 Å². The summed E-state index contributed by atoms with van der Waals surface area (Å²) in [5.74, 6) is 0. The van der Waals surface area contributed by atoms with E-state index in [1.807, 2.05) is 0 Å². The van der Waals surface area contributed by atoms with Crippen LogP contribution in [0.5, 0.6) is 0 Å². The Kier molecular flexibility index (Phi) is 9.23. The second kappa shape index (κ2) is 8.12. The Morgan fingerprint density at radius 3 is 1.73 bits per heavy atom. The number of rotatable bonds is 1. The minimum Gasteiger partial charge on any atom is -0.280 e. The van der Waals surface area contributed by atoms with Crippen LogP contribution in [0.4, 0.5) is 0 Å². The van der Waals surface area contributed by atoms with Crippen LogP contribution >= 0.6 is 35.7 Å². The smallest absolute Gasteiger partial charge is 0.280 e. The molecule has 0 saturated carbocycles. The van der Waals surface area contributed by atoms with Crippen molar-refractivity contribution < 1.29 is 8.42 Å². The molecule has 1 heterocycles. The summed E-state index contributed by atoms with van der Waals surface area (Å²) >= 11 is 6.44. The summed E-state index contributed by atoms with van der Waals surface area (Å²) in [4.78, 5) is 0. The molecular formula is C4H6Br2MgO2S2. The van der Waals surface area contributed by atoms with Crippen LogP contribution in [0.25, 0.3) is 0 Å². The molecule has 0 spiro atoms. The molecule has 0 aromatic carbocycles. The van der Waals surface area contributed by atoms with Crippen LogP contribution in [-0.2, 0) is 9.74 Å². The molecule has 0 aromatic rings. The van der Waals surface area contributed by atoms with Gasteiger partial charge in [0.15, 0.2) is 9.74 Å². The van der Waals surface area contributed by atoms with Crippen LogP contribution in [0.3, 0.4) is 0 Å². The van der Waals surface area contributed by atoms with Crippen molar-refractivity contribution in [2.24, 2.45) is 0 Å². The summed E-state index contributed by atoms with van der Waals surface area (Å²) < 4.78 is 20.3. The van der Waals surface area contributed by atoms with Crippen LogP contribution < -0.4 is 0 Å². The predicted molar refractivity (Wildman–Crippen MR) is 61.2 cm³/mol. The number of thiol groups is 2. The molecule has 1 rings (SSSR count). The molecule has 0 aliphatic carbocycles. The van der Waals surface area contributed by atoms with Crippen molar-refractivity contribution in [3.8, 4) is 0 Å². The topological polar surface area (TPSA) is 34.1 Å². The van der Waals surface area contributed by atoms with E-state index in [4.69, 9.17) is 0 Å². The van der Waals surface area contributed by atoms with Crippen LogP contribution in [0, 0.1) is 0 Å². The van der Waals surface area contributed by atoms with Crippen molar-refractivity contribution >= 4 is 61.5 Å². The zero-order chi connectivity index (χ0) is 8.69. The lowest BCUT2D eigenvalue weighted by Gasteiger charge is -1.93. The Balaban J connectivity index is 0.000000292. The van der Waals surface area contributed by atoms with E-state index in [1.165, 1.54) is 0 Å². The first-order valence-corrected chi connectivity index (χ1v) is 13.8. The van der Waals surface area contributed by atoms with Gasteiger partial charge in [-0.25, -0.2) is 8.42 Å². The minimum atomic E-state index is -2.21. The molecule has 0 saturated heterocycles. The number of hydrogen-bond donors (Lipinski definition) is 2. The third-order valence-corrected chi connectivity index (χ3v) is 4.04. The maximum absolute atomic E-state index is 10.2. The molecule has 0 N–H and O–H groups in total. The highest BCUT2D eigenvalue weighted by Gasteiger charge is 1.97. The monoisotopic (exact) mass is 332 g/mol. The first kappa shape index (κ1) is 12.5. The lowest BCUT2D eigenvalue weighted by molar-refractivity contribution is 0.626. The third kappa shape index (κ3) is 6.65. The Bertz CT molecular complexity index is 206. The largest absolute Gasteiger partial charge is 0.560 e. The fourth-order valence-corrected chi connectivity index (χ4v) is 2.42. The maximum Gasteiger partial charge on any atom is 0.560 e. The predicted octanol–water partition coefficient (Wildman–Crippen LogP) is 1.87. The molecule has 0 radical (unpaired) electrons. The Morgan fingerprint density at radius 1 is 1.18 bits per heavy atom. The van der Waals surface area contributed by atoms with Gasteiger partial charge in [0.1, 0.15) is 0 Å². The SMILES string of the molecule is O=[SH](=O)[SH]1C=CC=C1.[Br][Mg][Br]. The van der Waals surface area contributed by atoms with Gasteiger partial charge in [0.2, 0.25) is 0 Å². The van der Waals surface area contributed by atoms with Crippen molar-refractivity contribution in [3.05, 3.63) is 23.0 Å². The van der Waals surface area contributed by atoms with Crippen molar-refractivity contribution in [1.82, 2.24) is 0 Å². The van der Waals surface area contributed by atoms with E-state index in [1.54, 1.807) is 23.0 Å². The third-order valence-electron chi connectivity index (χ3n) is 0.777. The van der Waals surface area contributed by atoms with Crippen LogP contribution in [-0.4, -0.2) is 24.4 Å². The zero-order valence-electron chi connectivity index (χ0n) is 5.48. The van der Waals surface area contributed by atoms with E-state index >= 15 is 0 Å². The van der Waals surface area contributed by atoms with Crippen molar-refractivity contribution in [1.29, 1.82) is 0 Å². The van der Waals surface area contributed by atoms with Crippen LogP contribution in [0.1, 0.15) is 0 Å². The van der Waals surface area contributed by atoms with Gasteiger partial charge in [-0.05, 0) is 10.8 Å². The van der Waals surface area contributed by atoms with Crippen LogP contribution in [0.15, 0.2) is 23.0 Å². The molecule has 0 atom stereocenters. The summed E-state index contributed by atoms with van der Waals surface area (Å²) in [7, 11) is -3.12. The minimum absolute atomic E-state index is 0.0417. The standard InChI is InChI=1S/C4H6O2S2.2BrH.Mg/c5-8(6)7-3-1-2-4-7;;;/h1-4,7-8H;2*1H;/q;;;+2/p-2. The Morgan fingerprint density at radius 2 is 1.55 bits per heavy atom. The molecule has 62 valence electrons. The fraction of sp³-hybridized carbons (Fsp3) is 0. The Labute approximate surface area is 91.7 Å². The average molecular weight is 334 g/mol. The molecule has 1 aliphatic heterocycles. The molecule has 2 nitrogen and oxygen atoms in total. The highest BCUT2D eigenvalue weighted by atomic mass is 79.9. The van der Waals surface area contributed by atoms with Gasteiger partial charge in [-0.15, -0.1) is 9.93 Å². The van der Waals surface area contributed by atoms with Gasteiger partial charge in [0.25, 0.3) is 0 Å². The quantitative estimate of drug-likeness (QED) is 0.436. The number of halogens is 2. The first-order chi connectivity index (χ1) is 5.22. The Hall–Kier alpha value is 1.51. The van der Waals surface area contributed by atoms with Crippen LogP contribution in [0.2, 0.25) is 0 Å². The second-order valence-corrected chi connectivity index (χ2v) is 13.7. The molecule has 0 amide bonds. The number of allylic oxidation sites excluding steroid dienone is 2. The maximum atomic E-state index is 10.2. The fourth-order valence-electron chi connectivity index (χ4n) is 0.434. The van der Waals surface area contributed by atoms with Crippen molar-refractivity contribution in [3.63, 3.8) is 0 Å². The molecule has 0 bridgehead atoms.